The van der Waals surface area contributed by atoms with Crippen LogP contribution in [0.1, 0.15) is 51.5 Å². The molecule has 0 fully saturated rings. The van der Waals surface area contributed by atoms with E-state index in [1.807, 2.05) is 29.6 Å². The van der Waals surface area contributed by atoms with Crippen LogP contribution in [0.5, 0.6) is 0 Å². The minimum atomic E-state index is -0.801. The van der Waals surface area contributed by atoms with Crippen molar-refractivity contribution in [2.24, 2.45) is 11.8 Å². The second-order valence-electron chi connectivity index (χ2n) is 8.25. The van der Waals surface area contributed by atoms with Crippen LogP contribution in [-0.4, -0.2) is 35.3 Å². The van der Waals surface area contributed by atoms with Crippen molar-refractivity contribution in [1.82, 2.24) is 9.88 Å². The SMILES string of the molecule is CC(C)CCN(CCC(C)C)CC(=O)[C@H](C#N)c1nc(-c2ccc(Br)cc2)cs1. The summed E-state index contributed by atoms with van der Waals surface area (Å²) in [6.45, 7) is 10.9. The first-order chi connectivity index (χ1) is 13.8. The molecule has 1 heterocycles. The Morgan fingerprint density at radius 3 is 2.24 bits per heavy atom. The minimum absolute atomic E-state index is 0.0586. The van der Waals surface area contributed by atoms with Crippen molar-refractivity contribution in [2.75, 3.05) is 19.6 Å². The van der Waals surface area contributed by atoms with Gasteiger partial charge < -0.3 is 0 Å². The number of benzene rings is 1. The van der Waals surface area contributed by atoms with Crippen LogP contribution in [0.4, 0.5) is 0 Å². The monoisotopic (exact) mass is 475 g/mol. The number of hydrogen-bond donors (Lipinski definition) is 0. The highest BCUT2D eigenvalue weighted by molar-refractivity contribution is 9.10. The maximum absolute atomic E-state index is 13.0. The van der Waals surface area contributed by atoms with Crippen LogP contribution in [0.15, 0.2) is 34.1 Å². The van der Waals surface area contributed by atoms with E-state index in [-0.39, 0.29) is 5.78 Å². The van der Waals surface area contributed by atoms with Crippen LogP contribution in [0.3, 0.4) is 0 Å². The summed E-state index contributed by atoms with van der Waals surface area (Å²) >= 11 is 4.82. The number of nitriles is 1. The van der Waals surface area contributed by atoms with Crippen molar-refractivity contribution in [3.05, 3.63) is 39.1 Å². The number of nitrogens with zero attached hydrogens (tertiary/aromatic N) is 3. The topological polar surface area (TPSA) is 57.0 Å². The number of Topliss-reactive ketones (excluding diaryl/α,β-unsaturated/α-hetero) is 1. The van der Waals surface area contributed by atoms with Gasteiger partial charge in [0, 0.05) is 15.4 Å². The molecule has 6 heteroatoms. The predicted molar refractivity (Wildman–Crippen MR) is 124 cm³/mol. The van der Waals surface area contributed by atoms with E-state index in [0.29, 0.717) is 23.4 Å². The molecule has 4 nitrogen and oxygen atoms in total. The molecule has 1 aromatic heterocycles. The molecule has 0 aliphatic rings. The van der Waals surface area contributed by atoms with Gasteiger partial charge in [-0.15, -0.1) is 11.3 Å². The van der Waals surface area contributed by atoms with Gasteiger partial charge in [-0.05, 0) is 49.9 Å². The van der Waals surface area contributed by atoms with E-state index in [0.717, 1.165) is 41.7 Å². The van der Waals surface area contributed by atoms with Crippen molar-refractivity contribution in [2.45, 2.75) is 46.5 Å². The first kappa shape index (κ1) is 23.7. The molecule has 156 valence electrons. The summed E-state index contributed by atoms with van der Waals surface area (Å²) in [4.78, 5) is 19.8. The molecule has 0 radical (unpaired) electrons. The molecule has 0 unspecified atom stereocenters. The second-order valence-corrected chi connectivity index (χ2v) is 10.1. The van der Waals surface area contributed by atoms with Crippen LogP contribution in [0.25, 0.3) is 11.3 Å². The van der Waals surface area contributed by atoms with Gasteiger partial charge in [-0.1, -0.05) is 55.8 Å². The molecular weight excluding hydrogens is 446 g/mol. The normalized spacial score (nSPS) is 12.5. The highest BCUT2D eigenvalue weighted by Gasteiger charge is 2.25. The lowest BCUT2D eigenvalue weighted by atomic mass is 10.0. The summed E-state index contributed by atoms with van der Waals surface area (Å²) in [6.07, 6.45) is 2.10. The quantitative estimate of drug-likeness (QED) is 0.391. The third kappa shape index (κ3) is 7.65. The van der Waals surface area contributed by atoms with Crippen LogP contribution in [0.2, 0.25) is 0 Å². The van der Waals surface area contributed by atoms with E-state index < -0.39 is 5.92 Å². The molecule has 0 N–H and O–H groups in total. The maximum atomic E-state index is 13.0. The Morgan fingerprint density at radius 1 is 1.14 bits per heavy atom. The first-order valence-electron chi connectivity index (χ1n) is 10.2. The molecule has 29 heavy (non-hydrogen) atoms. The Bertz CT molecular complexity index is 811. The molecule has 2 aromatic rings. The Labute approximate surface area is 187 Å². The summed E-state index contributed by atoms with van der Waals surface area (Å²) in [7, 11) is 0. The fourth-order valence-electron chi connectivity index (χ4n) is 2.90. The molecule has 0 saturated carbocycles. The largest absolute Gasteiger partial charge is 0.296 e. The van der Waals surface area contributed by atoms with E-state index in [2.05, 4.69) is 59.6 Å². The molecule has 1 atom stereocenters. The van der Waals surface area contributed by atoms with Crippen LogP contribution >= 0.6 is 27.3 Å². The third-order valence-corrected chi connectivity index (χ3v) is 6.22. The number of halogens is 1. The van der Waals surface area contributed by atoms with Crippen molar-refractivity contribution in [3.63, 3.8) is 0 Å². The molecular formula is C23H30BrN3OS. The molecule has 0 aliphatic carbocycles. The average Bonchev–Trinajstić information content (AvgIpc) is 3.14. The van der Waals surface area contributed by atoms with Crippen molar-refractivity contribution in [3.8, 4) is 17.3 Å². The van der Waals surface area contributed by atoms with Crippen LogP contribution in [-0.2, 0) is 4.79 Å². The number of rotatable bonds is 11. The summed E-state index contributed by atoms with van der Waals surface area (Å²) in [5.74, 6) is 0.318. The van der Waals surface area contributed by atoms with Gasteiger partial charge in [0.1, 0.15) is 5.01 Å². The fourth-order valence-corrected chi connectivity index (χ4v) is 4.06. The molecule has 0 spiro atoms. The first-order valence-corrected chi connectivity index (χ1v) is 11.8. The van der Waals surface area contributed by atoms with Gasteiger partial charge in [0.05, 0.1) is 18.3 Å². The van der Waals surface area contributed by atoms with Crippen molar-refractivity contribution < 1.29 is 4.79 Å². The Morgan fingerprint density at radius 2 is 1.72 bits per heavy atom. The van der Waals surface area contributed by atoms with E-state index in [9.17, 15) is 10.1 Å². The van der Waals surface area contributed by atoms with Crippen molar-refractivity contribution in [1.29, 1.82) is 5.26 Å². The number of aromatic nitrogens is 1. The van der Waals surface area contributed by atoms with E-state index in [4.69, 9.17) is 0 Å². The van der Waals surface area contributed by atoms with Crippen LogP contribution < -0.4 is 0 Å². The van der Waals surface area contributed by atoms with Gasteiger partial charge in [0.15, 0.2) is 11.7 Å². The minimum Gasteiger partial charge on any atom is -0.296 e. The lowest BCUT2D eigenvalue weighted by molar-refractivity contribution is -0.120. The summed E-state index contributed by atoms with van der Waals surface area (Å²) in [5.41, 5.74) is 1.79. The molecule has 0 amide bonds. The van der Waals surface area contributed by atoms with Crippen LogP contribution in [0, 0.1) is 23.2 Å². The van der Waals surface area contributed by atoms with Gasteiger partial charge in [0.2, 0.25) is 0 Å². The van der Waals surface area contributed by atoms with E-state index in [1.54, 1.807) is 0 Å². The van der Waals surface area contributed by atoms with Gasteiger partial charge in [-0.25, -0.2) is 4.98 Å². The average molecular weight is 476 g/mol. The van der Waals surface area contributed by atoms with Gasteiger partial charge >= 0.3 is 0 Å². The number of carbonyl (C=O) groups is 1. The lowest BCUT2D eigenvalue weighted by Crippen LogP contribution is -2.35. The maximum Gasteiger partial charge on any atom is 0.170 e. The Kier molecular flexibility index (Phi) is 9.48. The smallest absolute Gasteiger partial charge is 0.170 e. The zero-order valence-electron chi connectivity index (χ0n) is 17.7. The summed E-state index contributed by atoms with van der Waals surface area (Å²) < 4.78 is 1.00. The molecule has 2 rings (SSSR count). The molecule has 0 bridgehead atoms. The Balaban J connectivity index is 2.09. The Hall–Kier alpha value is -1.55. The number of hydrogen-bond acceptors (Lipinski definition) is 5. The van der Waals surface area contributed by atoms with Gasteiger partial charge in [-0.3, -0.25) is 9.69 Å². The predicted octanol–water partition coefficient (Wildman–Crippen LogP) is 6.14. The summed E-state index contributed by atoms with van der Waals surface area (Å²) in [6, 6.07) is 10.1. The molecule has 0 aliphatic heterocycles. The zero-order valence-corrected chi connectivity index (χ0v) is 20.1. The zero-order chi connectivity index (χ0) is 21.4. The van der Waals surface area contributed by atoms with E-state index >= 15 is 0 Å². The highest BCUT2D eigenvalue weighted by Crippen LogP contribution is 2.28. The third-order valence-electron chi connectivity index (χ3n) is 4.78. The fraction of sp³-hybridized carbons (Fsp3) is 0.522. The summed E-state index contributed by atoms with van der Waals surface area (Å²) in [5, 5.41) is 12.2. The highest BCUT2D eigenvalue weighted by atomic mass is 79.9. The number of carbonyl (C=O) groups excluding carboxylic acids is 1. The standard InChI is InChI=1S/C23H30BrN3OS/c1-16(2)9-11-27(12-10-17(3)4)14-22(28)20(13-25)23-26-21(15-29-23)18-5-7-19(24)8-6-18/h5-8,15-17,20H,9-12,14H2,1-4H3/t20-/m0/s1. The molecule has 1 aromatic carbocycles. The molecule has 0 saturated heterocycles. The number of ketones is 1. The second kappa shape index (κ2) is 11.6. The van der Waals surface area contributed by atoms with Crippen molar-refractivity contribution >= 4 is 33.0 Å². The lowest BCUT2D eigenvalue weighted by Gasteiger charge is -2.24. The van der Waals surface area contributed by atoms with E-state index in [1.165, 1.54) is 11.3 Å². The van der Waals surface area contributed by atoms with Gasteiger partial charge in [0.25, 0.3) is 0 Å². The van der Waals surface area contributed by atoms with Gasteiger partial charge in [-0.2, -0.15) is 5.26 Å². The number of thiazole rings is 1.